The van der Waals surface area contributed by atoms with Crippen molar-refractivity contribution in [1.82, 2.24) is 4.98 Å². The summed E-state index contributed by atoms with van der Waals surface area (Å²) in [4.78, 5) is 4.60. The first kappa shape index (κ1) is 14.5. The van der Waals surface area contributed by atoms with Crippen LogP contribution in [0.4, 0.5) is 0 Å². The van der Waals surface area contributed by atoms with Crippen LogP contribution in [0, 0.1) is 11.3 Å². The minimum absolute atomic E-state index is 0.111. The zero-order valence-electron chi connectivity index (χ0n) is 13.2. The predicted molar refractivity (Wildman–Crippen MR) is 89.0 cm³/mol. The summed E-state index contributed by atoms with van der Waals surface area (Å²) < 4.78 is 0. The Labute approximate surface area is 127 Å². The third kappa shape index (κ3) is 2.82. The van der Waals surface area contributed by atoms with Gasteiger partial charge in [0.25, 0.3) is 0 Å². The molecule has 2 nitrogen and oxygen atoms in total. The van der Waals surface area contributed by atoms with Gasteiger partial charge in [-0.1, -0.05) is 44.9 Å². The van der Waals surface area contributed by atoms with Crippen LogP contribution in [0.25, 0.3) is 10.9 Å². The standard InChI is InChI=1S/C19H26N2/c1-14(2)12-19(9-5-6-10-19)18(20)16-11-15-7-3-4-8-17(15)21-13-16/h3-4,7-8,11,13-14,18H,5-6,9-10,12,20H2,1-2H3. The number of hydrogen-bond donors (Lipinski definition) is 1. The third-order valence-electron chi connectivity index (χ3n) is 5.04. The molecule has 1 heterocycles. The zero-order chi connectivity index (χ0) is 14.9. The van der Waals surface area contributed by atoms with Crippen LogP contribution in [0.2, 0.25) is 0 Å². The van der Waals surface area contributed by atoms with E-state index in [1.54, 1.807) is 0 Å². The van der Waals surface area contributed by atoms with Crippen LogP contribution in [0.3, 0.4) is 0 Å². The number of aromatic nitrogens is 1. The summed E-state index contributed by atoms with van der Waals surface area (Å²) in [5.41, 5.74) is 9.27. The molecule has 2 heteroatoms. The molecule has 0 aliphatic heterocycles. The molecule has 1 aromatic heterocycles. The highest BCUT2D eigenvalue weighted by Crippen LogP contribution is 2.50. The molecule has 21 heavy (non-hydrogen) atoms. The van der Waals surface area contributed by atoms with Gasteiger partial charge in [-0.2, -0.15) is 0 Å². The second-order valence-electron chi connectivity index (χ2n) is 7.11. The molecule has 1 fully saturated rings. The van der Waals surface area contributed by atoms with Crippen LogP contribution in [0.5, 0.6) is 0 Å². The lowest BCUT2D eigenvalue weighted by atomic mass is 9.71. The third-order valence-corrected chi connectivity index (χ3v) is 5.04. The number of fused-ring (bicyclic) bond motifs is 1. The first-order chi connectivity index (χ1) is 10.1. The van der Waals surface area contributed by atoms with Crippen molar-refractivity contribution in [2.75, 3.05) is 0 Å². The molecule has 1 saturated carbocycles. The van der Waals surface area contributed by atoms with Crippen LogP contribution in [-0.2, 0) is 0 Å². The molecule has 2 aromatic rings. The lowest BCUT2D eigenvalue weighted by Gasteiger charge is -2.37. The molecule has 2 N–H and O–H groups in total. The van der Waals surface area contributed by atoms with E-state index in [1.807, 2.05) is 12.3 Å². The van der Waals surface area contributed by atoms with E-state index in [2.05, 4.69) is 43.1 Å². The van der Waals surface area contributed by atoms with Crippen molar-refractivity contribution in [2.24, 2.45) is 17.1 Å². The average molecular weight is 282 g/mol. The fourth-order valence-electron chi connectivity index (χ4n) is 4.15. The van der Waals surface area contributed by atoms with Gasteiger partial charge in [0.1, 0.15) is 0 Å². The molecule has 1 aromatic carbocycles. The second-order valence-corrected chi connectivity index (χ2v) is 7.11. The van der Waals surface area contributed by atoms with Crippen LogP contribution >= 0.6 is 0 Å². The summed E-state index contributed by atoms with van der Waals surface area (Å²) >= 11 is 0. The van der Waals surface area contributed by atoms with Crippen molar-refractivity contribution < 1.29 is 0 Å². The molecule has 112 valence electrons. The van der Waals surface area contributed by atoms with Crippen molar-refractivity contribution >= 4 is 10.9 Å². The fraction of sp³-hybridized carbons (Fsp3) is 0.526. The molecule has 0 bridgehead atoms. The van der Waals surface area contributed by atoms with Gasteiger partial charge in [-0.3, -0.25) is 4.98 Å². The van der Waals surface area contributed by atoms with Crippen LogP contribution in [0.15, 0.2) is 36.5 Å². The largest absolute Gasteiger partial charge is 0.323 e. The van der Waals surface area contributed by atoms with Gasteiger partial charge < -0.3 is 5.73 Å². The first-order valence-corrected chi connectivity index (χ1v) is 8.21. The molecule has 1 aliphatic rings. The maximum atomic E-state index is 6.73. The number of para-hydroxylation sites is 1. The van der Waals surface area contributed by atoms with E-state index >= 15 is 0 Å². The predicted octanol–water partition coefficient (Wildman–Crippen LogP) is 4.84. The highest BCUT2D eigenvalue weighted by molar-refractivity contribution is 5.78. The summed E-state index contributed by atoms with van der Waals surface area (Å²) in [6.07, 6.45) is 8.38. The van der Waals surface area contributed by atoms with Crippen molar-refractivity contribution in [3.63, 3.8) is 0 Å². The molecule has 1 atom stereocenters. The SMILES string of the molecule is CC(C)CC1(C(N)c2cnc3ccccc3c2)CCCC1. The van der Waals surface area contributed by atoms with Crippen LogP contribution in [0.1, 0.15) is 57.6 Å². The van der Waals surface area contributed by atoms with Gasteiger partial charge in [0.15, 0.2) is 0 Å². The Balaban J connectivity index is 1.95. The van der Waals surface area contributed by atoms with E-state index in [1.165, 1.54) is 43.1 Å². The molecule has 0 amide bonds. The monoisotopic (exact) mass is 282 g/mol. The van der Waals surface area contributed by atoms with Gasteiger partial charge in [0.05, 0.1) is 5.52 Å². The van der Waals surface area contributed by atoms with Crippen molar-refractivity contribution in [3.05, 3.63) is 42.1 Å². The Morgan fingerprint density at radius 1 is 1.19 bits per heavy atom. The Morgan fingerprint density at radius 2 is 1.90 bits per heavy atom. The summed E-state index contributed by atoms with van der Waals surface area (Å²) in [6.45, 7) is 4.62. The van der Waals surface area contributed by atoms with Crippen molar-refractivity contribution in [1.29, 1.82) is 0 Å². The highest BCUT2D eigenvalue weighted by atomic mass is 14.7. The average Bonchev–Trinajstić information content (AvgIpc) is 2.95. The smallest absolute Gasteiger partial charge is 0.0702 e. The summed E-state index contributed by atoms with van der Waals surface area (Å²) in [7, 11) is 0. The molecule has 1 unspecified atom stereocenters. The molecule has 0 radical (unpaired) electrons. The molecular formula is C19H26N2. The molecule has 1 aliphatic carbocycles. The minimum atomic E-state index is 0.111. The quantitative estimate of drug-likeness (QED) is 0.871. The van der Waals surface area contributed by atoms with Gasteiger partial charge in [0.2, 0.25) is 0 Å². The van der Waals surface area contributed by atoms with Crippen LogP contribution in [-0.4, -0.2) is 4.98 Å². The maximum absolute atomic E-state index is 6.73. The van der Waals surface area contributed by atoms with Gasteiger partial charge in [0, 0.05) is 17.6 Å². The summed E-state index contributed by atoms with van der Waals surface area (Å²) in [5.74, 6) is 0.697. The van der Waals surface area contributed by atoms with E-state index in [0.29, 0.717) is 5.92 Å². The van der Waals surface area contributed by atoms with Gasteiger partial charge in [-0.15, -0.1) is 0 Å². The Kier molecular flexibility index (Phi) is 3.99. The van der Waals surface area contributed by atoms with Crippen molar-refractivity contribution in [3.8, 4) is 0 Å². The Morgan fingerprint density at radius 3 is 2.62 bits per heavy atom. The fourth-order valence-corrected chi connectivity index (χ4v) is 4.15. The van der Waals surface area contributed by atoms with E-state index in [-0.39, 0.29) is 11.5 Å². The number of benzene rings is 1. The molecule has 0 saturated heterocycles. The summed E-state index contributed by atoms with van der Waals surface area (Å²) in [5, 5.41) is 1.20. The molecular weight excluding hydrogens is 256 g/mol. The lowest BCUT2D eigenvalue weighted by Crippen LogP contribution is -2.33. The number of pyridine rings is 1. The normalized spacial score (nSPS) is 19.2. The zero-order valence-corrected chi connectivity index (χ0v) is 13.2. The van der Waals surface area contributed by atoms with Gasteiger partial charge in [-0.05, 0) is 48.3 Å². The lowest BCUT2D eigenvalue weighted by molar-refractivity contribution is 0.183. The van der Waals surface area contributed by atoms with Crippen LogP contribution < -0.4 is 5.73 Å². The van der Waals surface area contributed by atoms with E-state index in [0.717, 1.165) is 5.52 Å². The van der Waals surface area contributed by atoms with Gasteiger partial charge in [-0.25, -0.2) is 0 Å². The van der Waals surface area contributed by atoms with Gasteiger partial charge >= 0.3 is 0 Å². The molecule has 0 spiro atoms. The number of rotatable bonds is 4. The first-order valence-electron chi connectivity index (χ1n) is 8.21. The maximum Gasteiger partial charge on any atom is 0.0702 e. The van der Waals surface area contributed by atoms with E-state index in [9.17, 15) is 0 Å². The number of hydrogen-bond acceptors (Lipinski definition) is 2. The Bertz CT molecular complexity index is 612. The Hall–Kier alpha value is -1.41. The van der Waals surface area contributed by atoms with E-state index < -0.39 is 0 Å². The highest BCUT2D eigenvalue weighted by Gasteiger charge is 2.40. The van der Waals surface area contributed by atoms with E-state index in [4.69, 9.17) is 5.73 Å². The minimum Gasteiger partial charge on any atom is -0.323 e. The number of nitrogens with zero attached hydrogens (tertiary/aromatic N) is 1. The topological polar surface area (TPSA) is 38.9 Å². The molecule has 3 rings (SSSR count). The summed E-state index contributed by atoms with van der Waals surface area (Å²) in [6, 6.07) is 10.6. The van der Waals surface area contributed by atoms with Crippen molar-refractivity contribution in [2.45, 2.75) is 52.0 Å². The number of nitrogens with two attached hydrogens (primary N) is 1. The second kappa shape index (κ2) is 5.76.